The van der Waals surface area contributed by atoms with Gasteiger partial charge < -0.3 is 10.6 Å². The van der Waals surface area contributed by atoms with E-state index in [-0.39, 0.29) is 11.6 Å². The fourth-order valence-corrected chi connectivity index (χ4v) is 1.33. The molecule has 0 atom stereocenters. The zero-order chi connectivity index (χ0) is 13.0. The molecule has 1 aromatic heterocycles. The Kier molecular flexibility index (Phi) is 3.54. The number of benzene rings is 1. The van der Waals surface area contributed by atoms with Crippen LogP contribution in [0.5, 0.6) is 0 Å². The van der Waals surface area contributed by atoms with Crippen LogP contribution in [0, 0.1) is 0 Å². The molecule has 0 spiro atoms. The number of anilines is 2. The van der Waals surface area contributed by atoms with E-state index in [0.717, 1.165) is 0 Å². The first kappa shape index (κ1) is 12.1. The van der Waals surface area contributed by atoms with E-state index in [1.807, 2.05) is 0 Å². The lowest BCUT2D eigenvalue weighted by atomic mass is 10.2. The number of carbonyl (C=O) groups is 2. The highest BCUT2D eigenvalue weighted by Gasteiger charge is 2.13. The summed E-state index contributed by atoms with van der Waals surface area (Å²) < 4.78 is 4.40. The molecule has 1 aromatic carbocycles. The van der Waals surface area contributed by atoms with Crippen LogP contribution in [0.1, 0.15) is 10.4 Å². The van der Waals surface area contributed by atoms with Gasteiger partial charge in [-0.2, -0.15) is 0 Å². The van der Waals surface area contributed by atoms with Crippen LogP contribution < -0.4 is 10.6 Å². The Labute approximate surface area is 106 Å². The Hall–Kier alpha value is -2.41. The summed E-state index contributed by atoms with van der Waals surface area (Å²) in [5.74, 6) is -0.356. The van der Waals surface area contributed by atoms with Crippen LogP contribution in [0.15, 0.2) is 28.9 Å². The molecule has 2 amide bonds. The standard InChI is InChI=1S/C10H7ClN4O3/c11-7-3-1-6(2-4-7)10(17)13-9-8(12-5-16)14-18-15-9/h1-5H,(H,12,14,16)(H,13,15,17). The summed E-state index contributed by atoms with van der Waals surface area (Å²) in [6, 6.07) is 6.28. The summed E-state index contributed by atoms with van der Waals surface area (Å²) in [6.45, 7) is 0. The summed E-state index contributed by atoms with van der Waals surface area (Å²) in [5.41, 5.74) is 0.388. The summed E-state index contributed by atoms with van der Waals surface area (Å²) in [6.07, 6.45) is 0.400. The quantitative estimate of drug-likeness (QED) is 0.818. The van der Waals surface area contributed by atoms with Gasteiger partial charge in [-0.15, -0.1) is 0 Å². The molecule has 7 nitrogen and oxygen atoms in total. The molecule has 0 saturated heterocycles. The highest BCUT2D eigenvalue weighted by molar-refractivity contribution is 6.30. The first-order valence-electron chi connectivity index (χ1n) is 4.80. The zero-order valence-corrected chi connectivity index (χ0v) is 9.64. The Balaban J connectivity index is 2.13. The van der Waals surface area contributed by atoms with Gasteiger partial charge in [0.2, 0.25) is 18.0 Å². The minimum absolute atomic E-state index is 0.0297. The van der Waals surface area contributed by atoms with E-state index < -0.39 is 5.91 Å². The highest BCUT2D eigenvalue weighted by atomic mass is 35.5. The second-order valence-corrected chi connectivity index (χ2v) is 3.62. The first-order valence-corrected chi connectivity index (χ1v) is 5.18. The molecule has 2 rings (SSSR count). The molecule has 2 N–H and O–H groups in total. The van der Waals surface area contributed by atoms with E-state index >= 15 is 0 Å². The number of halogens is 1. The Morgan fingerprint density at radius 2 is 1.89 bits per heavy atom. The van der Waals surface area contributed by atoms with Gasteiger partial charge in [-0.05, 0) is 34.6 Å². The van der Waals surface area contributed by atoms with Crippen molar-refractivity contribution < 1.29 is 14.2 Å². The number of hydrogen-bond donors (Lipinski definition) is 2. The third kappa shape index (κ3) is 2.64. The van der Waals surface area contributed by atoms with Gasteiger partial charge in [0.05, 0.1) is 0 Å². The third-order valence-corrected chi connectivity index (χ3v) is 2.27. The fourth-order valence-electron chi connectivity index (χ4n) is 1.20. The number of nitrogens with zero attached hydrogens (tertiary/aromatic N) is 2. The molecule has 18 heavy (non-hydrogen) atoms. The molecule has 0 radical (unpaired) electrons. The molecular formula is C10H7ClN4O3. The topological polar surface area (TPSA) is 97.1 Å². The third-order valence-electron chi connectivity index (χ3n) is 2.02. The van der Waals surface area contributed by atoms with Crippen molar-refractivity contribution in [2.45, 2.75) is 0 Å². The molecular weight excluding hydrogens is 260 g/mol. The predicted octanol–water partition coefficient (Wildman–Crippen LogP) is 1.54. The molecule has 0 aliphatic rings. The van der Waals surface area contributed by atoms with Gasteiger partial charge in [-0.3, -0.25) is 9.59 Å². The van der Waals surface area contributed by atoms with Crippen LogP contribution in [0.4, 0.5) is 11.6 Å². The number of nitrogens with one attached hydrogen (secondary N) is 2. The average Bonchev–Trinajstić information content (AvgIpc) is 2.78. The van der Waals surface area contributed by atoms with Crippen molar-refractivity contribution in [2.75, 3.05) is 10.6 Å². The van der Waals surface area contributed by atoms with Crippen molar-refractivity contribution in [3.8, 4) is 0 Å². The molecule has 0 aliphatic heterocycles. The lowest BCUT2D eigenvalue weighted by molar-refractivity contribution is -0.105. The van der Waals surface area contributed by atoms with Crippen LogP contribution in [0.25, 0.3) is 0 Å². The van der Waals surface area contributed by atoms with Gasteiger partial charge in [0, 0.05) is 10.6 Å². The Bertz CT molecular complexity index is 567. The van der Waals surface area contributed by atoms with E-state index in [9.17, 15) is 9.59 Å². The molecule has 8 heteroatoms. The SMILES string of the molecule is O=CNc1nonc1NC(=O)c1ccc(Cl)cc1. The van der Waals surface area contributed by atoms with Crippen molar-refractivity contribution in [2.24, 2.45) is 0 Å². The molecule has 0 fully saturated rings. The van der Waals surface area contributed by atoms with Crippen molar-refractivity contribution in [3.05, 3.63) is 34.9 Å². The number of carbonyl (C=O) groups excluding carboxylic acids is 2. The summed E-state index contributed by atoms with van der Waals surface area (Å²) in [7, 11) is 0. The van der Waals surface area contributed by atoms with E-state index in [1.54, 1.807) is 24.3 Å². The van der Waals surface area contributed by atoms with Crippen LogP contribution in [0.2, 0.25) is 5.02 Å². The molecule has 92 valence electrons. The van der Waals surface area contributed by atoms with Crippen molar-refractivity contribution >= 4 is 35.6 Å². The zero-order valence-electron chi connectivity index (χ0n) is 8.88. The van der Waals surface area contributed by atoms with Gasteiger partial charge in [0.1, 0.15) is 0 Å². The van der Waals surface area contributed by atoms with Gasteiger partial charge in [0.15, 0.2) is 0 Å². The maximum atomic E-state index is 11.8. The summed E-state index contributed by atoms with van der Waals surface area (Å²) in [4.78, 5) is 22.1. The van der Waals surface area contributed by atoms with Crippen LogP contribution in [0.3, 0.4) is 0 Å². The van der Waals surface area contributed by atoms with E-state index in [4.69, 9.17) is 11.6 Å². The first-order chi connectivity index (χ1) is 8.70. The minimum Gasteiger partial charge on any atom is -0.307 e. The average molecular weight is 267 g/mol. The maximum absolute atomic E-state index is 11.8. The van der Waals surface area contributed by atoms with Crippen LogP contribution >= 0.6 is 11.6 Å². The number of amides is 2. The van der Waals surface area contributed by atoms with Crippen molar-refractivity contribution in [3.63, 3.8) is 0 Å². The van der Waals surface area contributed by atoms with E-state index in [0.29, 0.717) is 17.0 Å². The maximum Gasteiger partial charge on any atom is 0.257 e. The van der Waals surface area contributed by atoms with Crippen LogP contribution in [-0.2, 0) is 4.79 Å². The van der Waals surface area contributed by atoms with Crippen LogP contribution in [-0.4, -0.2) is 22.6 Å². The second-order valence-electron chi connectivity index (χ2n) is 3.18. The number of aromatic nitrogens is 2. The Morgan fingerprint density at radius 1 is 1.22 bits per heavy atom. The number of hydrogen-bond acceptors (Lipinski definition) is 5. The lowest BCUT2D eigenvalue weighted by Crippen LogP contribution is -2.13. The fraction of sp³-hybridized carbons (Fsp3) is 0. The predicted molar refractivity (Wildman–Crippen MR) is 63.4 cm³/mol. The van der Waals surface area contributed by atoms with E-state index in [2.05, 4.69) is 25.6 Å². The highest BCUT2D eigenvalue weighted by Crippen LogP contribution is 2.16. The largest absolute Gasteiger partial charge is 0.307 e. The summed E-state index contributed by atoms with van der Waals surface area (Å²) >= 11 is 5.71. The normalized spacial score (nSPS) is 9.83. The number of rotatable bonds is 4. The van der Waals surface area contributed by atoms with Crippen molar-refractivity contribution in [1.82, 2.24) is 10.3 Å². The van der Waals surface area contributed by atoms with Gasteiger partial charge >= 0.3 is 0 Å². The smallest absolute Gasteiger partial charge is 0.257 e. The summed E-state index contributed by atoms with van der Waals surface area (Å²) in [5, 5.41) is 12.1. The minimum atomic E-state index is -0.420. The van der Waals surface area contributed by atoms with Gasteiger partial charge in [-0.25, -0.2) is 4.63 Å². The molecule has 0 aliphatic carbocycles. The Morgan fingerprint density at radius 3 is 2.56 bits per heavy atom. The molecule has 0 bridgehead atoms. The van der Waals surface area contributed by atoms with Gasteiger partial charge in [0.25, 0.3) is 5.91 Å². The molecule has 1 heterocycles. The van der Waals surface area contributed by atoms with E-state index in [1.165, 1.54) is 0 Å². The molecule has 0 unspecified atom stereocenters. The second kappa shape index (κ2) is 5.28. The van der Waals surface area contributed by atoms with Gasteiger partial charge in [-0.1, -0.05) is 11.6 Å². The lowest BCUT2D eigenvalue weighted by Gasteiger charge is -2.02. The monoisotopic (exact) mass is 266 g/mol. The molecule has 2 aromatic rings. The van der Waals surface area contributed by atoms with Crippen molar-refractivity contribution in [1.29, 1.82) is 0 Å². The molecule has 0 saturated carbocycles.